The minimum Gasteiger partial charge on any atom is -0.493 e. The zero-order valence-corrected chi connectivity index (χ0v) is 9.80. The molecule has 2 aromatic rings. The van der Waals surface area contributed by atoms with Gasteiger partial charge in [-0.3, -0.25) is 4.79 Å². The Morgan fingerprint density at radius 2 is 2.22 bits per heavy atom. The Bertz CT molecular complexity index is 656. The molecular weight excluding hydrogens is 230 g/mol. The molecule has 0 bridgehead atoms. The van der Waals surface area contributed by atoms with Crippen LogP contribution in [-0.2, 0) is 0 Å². The Morgan fingerprint density at radius 1 is 1.44 bits per heavy atom. The molecule has 0 radical (unpaired) electrons. The molecule has 0 spiro atoms. The number of nitriles is 1. The van der Waals surface area contributed by atoms with Crippen molar-refractivity contribution in [2.45, 2.75) is 6.92 Å². The predicted molar refractivity (Wildman–Crippen MR) is 66.2 cm³/mol. The third-order valence-corrected chi connectivity index (χ3v) is 2.30. The van der Waals surface area contributed by atoms with Crippen LogP contribution in [0.4, 0.5) is 0 Å². The SMILES string of the molecule is CCOc1ccccc1-c1nc(C#N)cc(=O)[nH]1. The molecule has 18 heavy (non-hydrogen) atoms. The molecule has 1 aromatic carbocycles. The summed E-state index contributed by atoms with van der Waals surface area (Å²) in [5, 5.41) is 8.81. The van der Waals surface area contributed by atoms with Gasteiger partial charge in [-0.25, -0.2) is 4.98 Å². The number of hydrogen-bond acceptors (Lipinski definition) is 4. The number of para-hydroxylation sites is 1. The highest BCUT2D eigenvalue weighted by Gasteiger charge is 2.09. The molecule has 1 aromatic heterocycles. The molecule has 1 N–H and O–H groups in total. The Kier molecular flexibility index (Phi) is 3.39. The summed E-state index contributed by atoms with van der Waals surface area (Å²) >= 11 is 0. The Labute approximate surface area is 104 Å². The normalized spacial score (nSPS) is 9.78. The Hall–Kier alpha value is -2.61. The number of benzene rings is 1. The van der Waals surface area contributed by atoms with Gasteiger partial charge in [0.05, 0.1) is 12.2 Å². The second-order valence-electron chi connectivity index (χ2n) is 3.52. The number of nitrogens with zero attached hydrogens (tertiary/aromatic N) is 2. The summed E-state index contributed by atoms with van der Waals surface area (Å²) in [6.45, 7) is 2.39. The van der Waals surface area contributed by atoms with Crippen molar-refractivity contribution < 1.29 is 4.74 Å². The standard InChI is InChI=1S/C13H11N3O2/c1-2-18-11-6-4-3-5-10(11)13-15-9(8-14)7-12(17)16-13/h3-7H,2H2,1H3,(H,15,16,17). The quantitative estimate of drug-likeness (QED) is 0.887. The molecule has 1 heterocycles. The van der Waals surface area contributed by atoms with Crippen LogP contribution in [0.1, 0.15) is 12.6 Å². The predicted octanol–water partition coefficient (Wildman–Crippen LogP) is 1.71. The van der Waals surface area contributed by atoms with Gasteiger partial charge in [-0.05, 0) is 19.1 Å². The van der Waals surface area contributed by atoms with E-state index in [-0.39, 0.29) is 11.3 Å². The summed E-state index contributed by atoms with van der Waals surface area (Å²) in [5.74, 6) is 0.960. The van der Waals surface area contributed by atoms with Gasteiger partial charge in [0.2, 0.25) is 0 Å². The van der Waals surface area contributed by atoms with E-state index in [4.69, 9.17) is 10.00 Å². The zero-order chi connectivity index (χ0) is 13.0. The summed E-state index contributed by atoms with van der Waals surface area (Å²) < 4.78 is 5.46. The number of H-pyrrole nitrogens is 1. The highest BCUT2D eigenvalue weighted by Crippen LogP contribution is 2.26. The van der Waals surface area contributed by atoms with Gasteiger partial charge in [-0.1, -0.05) is 12.1 Å². The van der Waals surface area contributed by atoms with Crippen molar-refractivity contribution in [3.8, 4) is 23.2 Å². The van der Waals surface area contributed by atoms with Crippen molar-refractivity contribution >= 4 is 0 Å². The van der Waals surface area contributed by atoms with Crippen molar-refractivity contribution in [2.75, 3.05) is 6.61 Å². The van der Waals surface area contributed by atoms with Gasteiger partial charge < -0.3 is 9.72 Å². The summed E-state index contributed by atoms with van der Waals surface area (Å²) in [4.78, 5) is 18.1. The molecule has 0 fully saturated rings. The lowest BCUT2D eigenvalue weighted by atomic mass is 10.2. The molecule has 0 saturated heterocycles. The molecule has 0 atom stereocenters. The average Bonchev–Trinajstić information content (AvgIpc) is 2.39. The maximum atomic E-state index is 11.4. The van der Waals surface area contributed by atoms with Crippen LogP contribution in [-0.4, -0.2) is 16.6 Å². The molecule has 90 valence electrons. The molecule has 0 aliphatic carbocycles. The van der Waals surface area contributed by atoms with E-state index in [1.807, 2.05) is 25.1 Å². The fourth-order valence-corrected chi connectivity index (χ4v) is 1.59. The van der Waals surface area contributed by atoms with Crippen LogP contribution in [0.25, 0.3) is 11.4 Å². The first-order valence-corrected chi connectivity index (χ1v) is 5.48. The number of rotatable bonds is 3. The minimum absolute atomic E-state index is 0.0834. The van der Waals surface area contributed by atoms with Crippen molar-refractivity contribution in [1.82, 2.24) is 9.97 Å². The van der Waals surface area contributed by atoms with Gasteiger partial charge in [-0.2, -0.15) is 5.26 Å². The molecule has 0 unspecified atom stereocenters. The first kappa shape index (κ1) is 11.9. The van der Waals surface area contributed by atoms with E-state index in [0.29, 0.717) is 23.7 Å². The number of ether oxygens (including phenoxy) is 1. The van der Waals surface area contributed by atoms with Crippen LogP contribution >= 0.6 is 0 Å². The number of hydrogen-bond donors (Lipinski definition) is 1. The van der Waals surface area contributed by atoms with E-state index in [9.17, 15) is 4.79 Å². The van der Waals surface area contributed by atoms with Gasteiger partial charge in [-0.15, -0.1) is 0 Å². The number of nitrogens with one attached hydrogen (secondary N) is 1. The largest absolute Gasteiger partial charge is 0.493 e. The van der Waals surface area contributed by atoms with Crippen LogP contribution in [0.2, 0.25) is 0 Å². The molecule has 0 aliphatic heterocycles. The number of aromatic amines is 1. The smallest absolute Gasteiger partial charge is 0.252 e. The maximum Gasteiger partial charge on any atom is 0.252 e. The van der Waals surface area contributed by atoms with Crippen molar-refractivity contribution in [2.24, 2.45) is 0 Å². The van der Waals surface area contributed by atoms with Crippen molar-refractivity contribution in [3.63, 3.8) is 0 Å². The molecule has 0 saturated carbocycles. The fraction of sp³-hybridized carbons (Fsp3) is 0.154. The highest BCUT2D eigenvalue weighted by molar-refractivity contribution is 5.64. The van der Waals surface area contributed by atoms with Crippen molar-refractivity contribution in [3.05, 3.63) is 46.4 Å². The monoisotopic (exact) mass is 241 g/mol. The summed E-state index contributed by atoms with van der Waals surface area (Å²) in [7, 11) is 0. The van der Waals surface area contributed by atoms with Crippen LogP contribution in [0.3, 0.4) is 0 Å². The maximum absolute atomic E-state index is 11.4. The number of aromatic nitrogens is 2. The molecule has 0 amide bonds. The summed E-state index contributed by atoms with van der Waals surface area (Å²) in [6.07, 6.45) is 0. The average molecular weight is 241 g/mol. The first-order valence-electron chi connectivity index (χ1n) is 5.48. The summed E-state index contributed by atoms with van der Waals surface area (Å²) in [6, 6.07) is 10.2. The third-order valence-electron chi connectivity index (χ3n) is 2.30. The molecular formula is C13H11N3O2. The molecule has 0 aliphatic rings. The van der Waals surface area contributed by atoms with Crippen LogP contribution in [0.15, 0.2) is 35.1 Å². The van der Waals surface area contributed by atoms with Crippen LogP contribution in [0, 0.1) is 11.3 Å². The molecule has 5 nitrogen and oxygen atoms in total. The molecule has 5 heteroatoms. The Balaban J connectivity index is 2.58. The van der Waals surface area contributed by atoms with Crippen molar-refractivity contribution in [1.29, 1.82) is 5.26 Å². The van der Waals surface area contributed by atoms with Gasteiger partial charge >= 0.3 is 0 Å². The van der Waals surface area contributed by atoms with E-state index in [1.54, 1.807) is 12.1 Å². The van der Waals surface area contributed by atoms with Gasteiger partial charge in [0, 0.05) is 6.07 Å². The van der Waals surface area contributed by atoms with Crippen LogP contribution < -0.4 is 10.3 Å². The van der Waals surface area contributed by atoms with E-state index in [0.717, 1.165) is 6.07 Å². The lowest BCUT2D eigenvalue weighted by molar-refractivity contribution is 0.341. The topological polar surface area (TPSA) is 78.8 Å². The second-order valence-corrected chi connectivity index (χ2v) is 3.52. The second kappa shape index (κ2) is 5.15. The zero-order valence-electron chi connectivity index (χ0n) is 9.80. The van der Waals surface area contributed by atoms with E-state index in [1.165, 1.54) is 0 Å². The Morgan fingerprint density at radius 3 is 2.94 bits per heavy atom. The van der Waals surface area contributed by atoms with E-state index in [2.05, 4.69) is 9.97 Å². The van der Waals surface area contributed by atoms with Gasteiger partial charge in [0.15, 0.2) is 0 Å². The third kappa shape index (κ3) is 2.38. The lowest BCUT2D eigenvalue weighted by Gasteiger charge is -2.08. The van der Waals surface area contributed by atoms with E-state index >= 15 is 0 Å². The highest BCUT2D eigenvalue weighted by atomic mass is 16.5. The van der Waals surface area contributed by atoms with Crippen LogP contribution in [0.5, 0.6) is 5.75 Å². The van der Waals surface area contributed by atoms with Gasteiger partial charge in [0.25, 0.3) is 5.56 Å². The minimum atomic E-state index is -0.358. The van der Waals surface area contributed by atoms with E-state index < -0.39 is 0 Å². The fourth-order valence-electron chi connectivity index (χ4n) is 1.59. The van der Waals surface area contributed by atoms with Gasteiger partial charge in [0.1, 0.15) is 23.3 Å². The lowest BCUT2D eigenvalue weighted by Crippen LogP contribution is -2.09. The molecule has 2 rings (SSSR count). The first-order chi connectivity index (χ1) is 8.74. The summed E-state index contributed by atoms with van der Waals surface area (Å²) in [5.41, 5.74) is 0.386.